The fourth-order valence-electron chi connectivity index (χ4n) is 2.54. The maximum atomic E-state index is 13.7. The number of piperidine rings is 1. The molecule has 7 heteroatoms. The average Bonchev–Trinajstić information content (AvgIpc) is 2.42. The highest BCUT2D eigenvalue weighted by Gasteiger charge is 2.23. The van der Waals surface area contributed by atoms with Gasteiger partial charge in [-0.05, 0) is 54.4 Å². The van der Waals surface area contributed by atoms with Gasteiger partial charge in [-0.15, -0.1) is 0 Å². The largest absolute Gasteiger partial charge is 0.369 e. The first-order valence-corrected chi connectivity index (χ1v) is 7.62. The molecule has 1 fully saturated rings. The van der Waals surface area contributed by atoms with Crippen LogP contribution in [0.3, 0.4) is 0 Å². The van der Waals surface area contributed by atoms with Crippen LogP contribution in [0.1, 0.15) is 12.8 Å². The molecule has 0 aromatic heterocycles. The van der Waals surface area contributed by atoms with Crippen molar-refractivity contribution in [2.24, 2.45) is 5.92 Å². The van der Waals surface area contributed by atoms with Crippen molar-refractivity contribution in [3.05, 3.63) is 31.6 Å². The summed E-state index contributed by atoms with van der Waals surface area (Å²) in [6, 6.07) is 2.55. The van der Waals surface area contributed by atoms with Crippen molar-refractivity contribution in [3.8, 4) is 0 Å². The topological polar surface area (TPSA) is 58.4 Å². The zero-order chi connectivity index (χ0) is 14.7. The van der Waals surface area contributed by atoms with Crippen LogP contribution in [0.25, 0.3) is 0 Å². The number of nitro groups is 1. The quantitative estimate of drug-likeness (QED) is 0.486. The van der Waals surface area contributed by atoms with Gasteiger partial charge in [0, 0.05) is 25.7 Å². The van der Waals surface area contributed by atoms with Crippen molar-refractivity contribution in [1.82, 2.24) is 5.32 Å². The van der Waals surface area contributed by atoms with Crippen molar-refractivity contribution in [2.75, 3.05) is 31.6 Å². The Bertz CT molecular complexity index is 507. The number of nitrogens with zero attached hydrogens (tertiary/aromatic N) is 2. The Hall–Kier alpha value is -0.960. The van der Waals surface area contributed by atoms with Gasteiger partial charge in [0.05, 0.1) is 8.49 Å². The van der Waals surface area contributed by atoms with Gasteiger partial charge >= 0.3 is 0 Å². The Morgan fingerprint density at radius 2 is 2.35 bits per heavy atom. The van der Waals surface area contributed by atoms with Crippen LogP contribution in [0, 0.1) is 25.4 Å². The first-order valence-electron chi connectivity index (χ1n) is 6.54. The maximum absolute atomic E-state index is 13.7. The minimum Gasteiger partial charge on any atom is -0.369 e. The van der Waals surface area contributed by atoms with Crippen LogP contribution >= 0.6 is 22.6 Å². The summed E-state index contributed by atoms with van der Waals surface area (Å²) in [6.07, 6.45) is 2.21. The van der Waals surface area contributed by atoms with Gasteiger partial charge in [0.25, 0.3) is 5.69 Å². The molecule has 0 spiro atoms. The fraction of sp³-hybridized carbons (Fsp3) is 0.538. The first kappa shape index (κ1) is 15.4. The molecular weight excluding hydrogens is 376 g/mol. The van der Waals surface area contributed by atoms with Crippen molar-refractivity contribution in [2.45, 2.75) is 12.8 Å². The average molecular weight is 393 g/mol. The number of nitro benzene ring substituents is 1. The molecule has 5 nitrogen and oxygen atoms in total. The van der Waals surface area contributed by atoms with Crippen molar-refractivity contribution < 1.29 is 9.31 Å². The second kappa shape index (κ2) is 6.66. The third-order valence-electron chi connectivity index (χ3n) is 3.56. The molecule has 110 valence electrons. The van der Waals surface area contributed by atoms with Gasteiger partial charge in [-0.2, -0.15) is 0 Å². The summed E-state index contributed by atoms with van der Waals surface area (Å²) in [4.78, 5) is 12.5. The van der Waals surface area contributed by atoms with E-state index in [0.29, 0.717) is 18.2 Å². The van der Waals surface area contributed by atoms with E-state index in [1.807, 2.05) is 0 Å². The molecule has 1 aliphatic heterocycles. The van der Waals surface area contributed by atoms with Gasteiger partial charge in [0.2, 0.25) is 0 Å². The number of nitrogens with one attached hydrogen (secondary N) is 1. The maximum Gasteiger partial charge on any atom is 0.293 e. The lowest BCUT2D eigenvalue weighted by molar-refractivity contribution is -0.384. The third-order valence-corrected chi connectivity index (χ3v) is 4.38. The van der Waals surface area contributed by atoms with E-state index in [0.717, 1.165) is 25.9 Å². The second-order valence-electron chi connectivity index (χ2n) is 5.11. The first-order chi connectivity index (χ1) is 9.49. The van der Waals surface area contributed by atoms with E-state index < -0.39 is 10.7 Å². The molecule has 0 saturated carbocycles. The summed E-state index contributed by atoms with van der Waals surface area (Å²) in [5.74, 6) is 0.0236. The van der Waals surface area contributed by atoms with Crippen molar-refractivity contribution in [1.29, 1.82) is 0 Å². The van der Waals surface area contributed by atoms with Crippen LogP contribution in [0.4, 0.5) is 15.8 Å². The third kappa shape index (κ3) is 3.57. The Morgan fingerprint density at radius 3 is 2.95 bits per heavy atom. The summed E-state index contributed by atoms with van der Waals surface area (Å²) >= 11 is 1.77. The summed E-state index contributed by atoms with van der Waals surface area (Å²) in [5, 5.41) is 14.4. The van der Waals surface area contributed by atoms with Crippen LogP contribution < -0.4 is 10.2 Å². The lowest BCUT2D eigenvalue weighted by Crippen LogP contribution is -2.37. The number of benzene rings is 1. The van der Waals surface area contributed by atoms with E-state index in [-0.39, 0.29) is 9.26 Å². The van der Waals surface area contributed by atoms with Gasteiger partial charge in [0.15, 0.2) is 0 Å². The van der Waals surface area contributed by atoms with Crippen molar-refractivity contribution in [3.63, 3.8) is 0 Å². The van der Waals surface area contributed by atoms with E-state index in [9.17, 15) is 14.5 Å². The Balaban J connectivity index is 2.21. The molecule has 1 aromatic rings. The van der Waals surface area contributed by atoms with Gasteiger partial charge in [0.1, 0.15) is 11.5 Å². The van der Waals surface area contributed by atoms with Crippen LogP contribution in [-0.2, 0) is 0 Å². The monoisotopic (exact) mass is 393 g/mol. The van der Waals surface area contributed by atoms with Crippen LogP contribution in [0.2, 0.25) is 0 Å². The Morgan fingerprint density at radius 1 is 1.60 bits per heavy atom. The lowest BCUT2D eigenvalue weighted by atomic mass is 9.99. The van der Waals surface area contributed by atoms with Crippen LogP contribution in [-0.4, -0.2) is 31.6 Å². The van der Waals surface area contributed by atoms with E-state index in [2.05, 4.69) is 5.32 Å². The molecule has 0 radical (unpaired) electrons. The van der Waals surface area contributed by atoms with E-state index >= 15 is 0 Å². The molecule has 1 N–H and O–H groups in total. The zero-order valence-electron chi connectivity index (χ0n) is 11.2. The van der Waals surface area contributed by atoms with E-state index in [4.69, 9.17) is 0 Å². The predicted molar refractivity (Wildman–Crippen MR) is 84.6 cm³/mol. The summed E-state index contributed by atoms with van der Waals surface area (Å²) in [5.41, 5.74) is 0.306. The number of rotatable bonds is 4. The predicted octanol–water partition coefficient (Wildman–Crippen LogP) is 2.77. The molecule has 1 heterocycles. The van der Waals surface area contributed by atoms with Crippen molar-refractivity contribution >= 4 is 34.0 Å². The van der Waals surface area contributed by atoms with E-state index in [1.165, 1.54) is 12.1 Å². The Labute approximate surface area is 130 Å². The molecule has 0 bridgehead atoms. The summed E-state index contributed by atoms with van der Waals surface area (Å²) < 4.78 is 14.0. The molecule has 0 amide bonds. The second-order valence-corrected chi connectivity index (χ2v) is 6.27. The summed E-state index contributed by atoms with van der Waals surface area (Å²) in [6.45, 7) is 2.62. The van der Waals surface area contributed by atoms with E-state index in [1.54, 1.807) is 34.5 Å². The number of hydrogen-bond acceptors (Lipinski definition) is 4. The molecule has 1 saturated heterocycles. The molecule has 1 aromatic carbocycles. The number of halogens is 2. The lowest BCUT2D eigenvalue weighted by Gasteiger charge is -2.28. The SMILES string of the molecule is CN(CC1CCCNC1)c1cc(F)c(I)cc1[N+](=O)[O-]. The molecule has 0 aliphatic carbocycles. The minimum atomic E-state index is -0.452. The fourth-order valence-corrected chi connectivity index (χ4v) is 2.99. The van der Waals surface area contributed by atoms with Gasteiger partial charge in [-0.3, -0.25) is 10.1 Å². The number of hydrogen-bond donors (Lipinski definition) is 1. The highest BCUT2D eigenvalue weighted by atomic mass is 127. The molecule has 1 aliphatic rings. The zero-order valence-corrected chi connectivity index (χ0v) is 13.4. The van der Waals surface area contributed by atoms with Crippen LogP contribution in [0.5, 0.6) is 0 Å². The molecular formula is C13H17FIN3O2. The molecule has 20 heavy (non-hydrogen) atoms. The highest BCUT2D eigenvalue weighted by molar-refractivity contribution is 14.1. The molecule has 1 unspecified atom stereocenters. The van der Waals surface area contributed by atoms with Gasteiger partial charge in [-0.25, -0.2) is 4.39 Å². The minimum absolute atomic E-state index is 0.0398. The van der Waals surface area contributed by atoms with Gasteiger partial charge in [-0.1, -0.05) is 0 Å². The van der Waals surface area contributed by atoms with Gasteiger partial charge < -0.3 is 10.2 Å². The standard InChI is InChI=1S/C13H17FIN3O2/c1-17(8-9-3-2-4-16-7-9)12-5-10(14)11(15)6-13(12)18(19)20/h5-6,9,16H,2-4,7-8H2,1H3. The van der Waals surface area contributed by atoms with Crippen LogP contribution in [0.15, 0.2) is 12.1 Å². The molecule has 1 atom stereocenters. The normalized spacial score (nSPS) is 18.9. The molecule has 2 rings (SSSR count). The number of anilines is 1. The Kier molecular flexibility index (Phi) is 5.14. The smallest absolute Gasteiger partial charge is 0.293 e. The summed E-state index contributed by atoms with van der Waals surface area (Å²) in [7, 11) is 1.78. The highest BCUT2D eigenvalue weighted by Crippen LogP contribution is 2.31.